The molecule has 0 aliphatic carbocycles. The summed E-state index contributed by atoms with van der Waals surface area (Å²) in [7, 11) is 0. The second-order valence-electron chi connectivity index (χ2n) is 0. The molecule has 0 fully saturated rings. The van der Waals surface area contributed by atoms with Crippen molar-refractivity contribution in [2.24, 2.45) is 0 Å². The minimum absolute atomic E-state index is 0. The van der Waals surface area contributed by atoms with Crippen LogP contribution in [0.1, 0.15) is 0 Å². The molecule has 0 aromatic rings. The zero-order chi connectivity index (χ0) is 0. The molecule has 0 spiro atoms. The molecule has 0 aromatic carbocycles. The van der Waals surface area contributed by atoms with Gasteiger partial charge < -0.3 is 71.9 Å². The van der Waals surface area contributed by atoms with Gasteiger partial charge in [-0.2, -0.15) is 0 Å². The molecule has 0 amide bonds. The van der Waals surface area contributed by atoms with Gasteiger partial charge in [-0.3, -0.25) is 0 Å². The Kier molecular flexibility index (Phi) is 124. The van der Waals surface area contributed by atoms with E-state index < -0.39 is 0 Å². The van der Waals surface area contributed by atoms with Gasteiger partial charge >= 0.3 is 0 Å². The molecule has 0 heterocycles. The summed E-state index contributed by atoms with van der Waals surface area (Å²) >= 11 is 0. The van der Waals surface area contributed by atoms with Crippen LogP contribution >= 0.6 is 0 Å². The molecule has 4 heavy (non-hydrogen) atoms. The second-order valence-corrected chi connectivity index (χ2v) is 0. The van der Waals surface area contributed by atoms with Gasteiger partial charge in [0.1, 0.15) is 0 Å². The maximum atomic E-state index is 0. The molecule has 0 aliphatic rings. The van der Waals surface area contributed by atoms with Crippen LogP contribution in [0, 0.1) is 0 Å². The Morgan fingerprint density at radius 3 is 0.500 bits per heavy atom. The fourth-order valence-electron chi connectivity index (χ4n) is 0. The standard InChI is InChI=1S/3HI.Ru/h3*1H;/p-3. The van der Waals surface area contributed by atoms with Crippen LogP contribution in [-0.4, -0.2) is 0 Å². The first-order chi connectivity index (χ1) is 0. The molecule has 0 unspecified atom stereocenters. The molecular formula is I3Ru-3. The fourth-order valence-corrected chi connectivity index (χ4v) is 0. The summed E-state index contributed by atoms with van der Waals surface area (Å²) in [6.07, 6.45) is 0. The quantitative estimate of drug-likeness (QED) is 0.238. The first-order valence-corrected chi connectivity index (χ1v) is 0. The van der Waals surface area contributed by atoms with E-state index in [1.807, 2.05) is 0 Å². The normalized spacial score (nSPS) is 0. The summed E-state index contributed by atoms with van der Waals surface area (Å²) in [5, 5.41) is 0. The van der Waals surface area contributed by atoms with Gasteiger partial charge in [0, 0.05) is 19.5 Å². The molecule has 0 bridgehead atoms. The van der Waals surface area contributed by atoms with Crippen molar-refractivity contribution < 1.29 is 91.4 Å². The van der Waals surface area contributed by atoms with E-state index in [-0.39, 0.29) is 91.4 Å². The minimum atomic E-state index is 0. The van der Waals surface area contributed by atoms with Gasteiger partial charge in [-0.1, -0.05) is 0 Å². The van der Waals surface area contributed by atoms with Gasteiger partial charge in [0.25, 0.3) is 0 Å². The van der Waals surface area contributed by atoms with Crippen LogP contribution in [0.4, 0.5) is 0 Å². The largest absolute Gasteiger partial charge is 1.00 e. The van der Waals surface area contributed by atoms with E-state index in [0.717, 1.165) is 0 Å². The Bertz CT molecular complexity index is 3.25. The number of halogens is 3. The predicted octanol–water partition coefficient (Wildman–Crippen LogP) is -8.99. The van der Waals surface area contributed by atoms with Gasteiger partial charge in [-0.05, 0) is 0 Å². The summed E-state index contributed by atoms with van der Waals surface area (Å²) in [5.74, 6) is 0. The molecule has 0 atom stereocenters. The van der Waals surface area contributed by atoms with Crippen molar-refractivity contribution in [1.29, 1.82) is 0 Å². The van der Waals surface area contributed by atoms with E-state index >= 15 is 0 Å². The Labute approximate surface area is 89.7 Å². The molecule has 0 saturated carbocycles. The van der Waals surface area contributed by atoms with E-state index in [0.29, 0.717) is 0 Å². The van der Waals surface area contributed by atoms with Crippen LogP contribution < -0.4 is 71.9 Å². The zero-order valence-corrected chi connectivity index (χ0v) is 9.70. The van der Waals surface area contributed by atoms with Crippen LogP contribution in [-0.2, 0) is 19.5 Å². The van der Waals surface area contributed by atoms with Crippen LogP contribution in [0.5, 0.6) is 0 Å². The maximum Gasteiger partial charge on any atom is 0 e. The third kappa shape index (κ3) is 8.84. The van der Waals surface area contributed by atoms with E-state index in [9.17, 15) is 0 Å². The smallest absolute Gasteiger partial charge is 0 e. The first kappa shape index (κ1) is 29.1. The van der Waals surface area contributed by atoms with Gasteiger partial charge in [0.15, 0.2) is 0 Å². The average Bonchev–Trinajstić information content (AvgIpc) is 0. The molecule has 0 aliphatic heterocycles. The van der Waals surface area contributed by atoms with Crippen molar-refractivity contribution >= 4 is 0 Å². The van der Waals surface area contributed by atoms with Crippen LogP contribution in [0.3, 0.4) is 0 Å². The third-order valence-corrected chi connectivity index (χ3v) is 0. The summed E-state index contributed by atoms with van der Waals surface area (Å²) in [6, 6.07) is 0. The average molecular weight is 482 g/mol. The summed E-state index contributed by atoms with van der Waals surface area (Å²) in [6.45, 7) is 0. The van der Waals surface area contributed by atoms with Crippen molar-refractivity contribution in [3.8, 4) is 0 Å². The fraction of sp³-hybridized carbons (Fsp3) is 0. The molecular weight excluding hydrogens is 482 g/mol. The predicted molar refractivity (Wildman–Crippen MR) is 0 cm³/mol. The number of hydrogen-bond acceptors (Lipinski definition) is 0. The molecule has 0 rings (SSSR count). The molecule has 0 radical (unpaired) electrons. The van der Waals surface area contributed by atoms with Crippen LogP contribution in [0.2, 0.25) is 0 Å². The van der Waals surface area contributed by atoms with Crippen LogP contribution in [0.15, 0.2) is 0 Å². The number of rotatable bonds is 0. The van der Waals surface area contributed by atoms with Gasteiger partial charge in [-0.25, -0.2) is 0 Å². The van der Waals surface area contributed by atoms with Crippen molar-refractivity contribution in [2.45, 2.75) is 0 Å². The number of hydrogen-bond donors (Lipinski definition) is 0. The van der Waals surface area contributed by atoms with Crippen LogP contribution in [0.25, 0.3) is 0 Å². The molecule has 0 saturated heterocycles. The van der Waals surface area contributed by atoms with Crippen molar-refractivity contribution in [2.75, 3.05) is 0 Å². The second kappa shape index (κ2) is 17.0. The SMILES string of the molecule is [I-].[I-].[I-].[Ru]. The first-order valence-electron chi connectivity index (χ1n) is 0. The Hall–Kier alpha value is 2.81. The van der Waals surface area contributed by atoms with Gasteiger partial charge in [-0.15, -0.1) is 0 Å². The minimum Gasteiger partial charge on any atom is -1.00 e. The zero-order valence-electron chi connectivity index (χ0n) is 1.49. The molecule has 0 nitrogen and oxygen atoms in total. The maximum absolute atomic E-state index is 0. The monoisotopic (exact) mass is 483 g/mol. The summed E-state index contributed by atoms with van der Waals surface area (Å²) in [4.78, 5) is 0. The third-order valence-electron chi connectivity index (χ3n) is 0. The molecule has 32 valence electrons. The molecule has 0 aromatic heterocycles. The topological polar surface area (TPSA) is 0 Å². The van der Waals surface area contributed by atoms with Gasteiger partial charge in [0.05, 0.1) is 0 Å². The Morgan fingerprint density at radius 1 is 0.500 bits per heavy atom. The van der Waals surface area contributed by atoms with Crippen molar-refractivity contribution in [3.05, 3.63) is 0 Å². The Morgan fingerprint density at radius 2 is 0.500 bits per heavy atom. The van der Waals surface area contributed by atoms with E-state index in [1.54, 1.807) is 0 Å². The molecule has 0 N–H and O–H groups in total. The summed E-state index contributed by atoms with van der Waals surface area (Å²) in [5.41, 5.74) is 0. The molecule has 4 heteroatoms. The summed E-state index contributed by atoms with van der Waals surface area (Å²) < 4.78 is 0. The van der Waals surface area contributed by atoms with Crippen molar-refractivity contribution in [3.63, 3.8) is 0 Å². The van der Waals surface area contributed by atoms with Crippen molar-refractivity contribution in [1.82, 2.24) is 0 Å². The van der Waals surface area contributed by atoms with E-state index in [4.69, 9.17) is 0 Å². The van der Waals surface area contributed by atoms with E-state index in [2.05, 4.69) is 0 Å². The van der Waals surface area contributed by atoms with Gasteiger partial charge in [0.2, 0.25) is 0 Å². The Balaban J connectivity index is 0. The van der Waals surface area contributed by atoms with E-state index in [1.165, 1.54) is 0 Å².